The van der Waals surface area contributed by atoms with Crippen LogP contribution in [0, 0.1) is 11.7 Å². The molecule has 17 heavy (non-hydrogen) atoms. The summed E-state index contributed by atoms with van der Waals surface area (Å²) in [4.78, 5) is 14.1. The number of carbonyl (C=O) groups excluding carboxylic acids is 1. The van der Waals surface area contributed by atoms with Gasteiger partial charge in [-0.25, -0.2) is 4.39 Å². The Hall–Kier alpha value is -1.03. The molecule has 0 unspecified atom stereocenters. The summed E-state index contributed by atoms with van der Waals surface area (Å²) in [5.74, 6) is -0.0666. The average molecular weight is 255 g/mol. The van der Waals surface area contributed by atoms with E-state index in [2.05, 4.69) is 26.5 Å². The SMILES string of the molecule is CCN(CC(C)C)C(=O)c1ccc(F)c(S)c1. The van der Waals surface area contributed by atoms with Crippen molar-refractivity contribution in [3.8, 4) is 0 Å². The minimum atomic E-state index is -0.406. The van der Waals surface area contributed by atoms with Gasteiger partial charge in [0.15, 0.2) is 0 Å². The van der Waals surface area contributed by atoms with E-state index in [0.717, 1.165) is 0 Å². The summed E-state index contributed by atoms with van der Waals surface area (Å²) in [5, 5.41) is 0. The average Bonchev–Trinajstić information content (AvgIpc) is 2.28. The third kappa shape index (κ3) is 3.73. The van der Waals surface area contributed by atoms with Gasteiger partial charge in [-0.2, -0.15) is 0 Å². The van der Waals surface area contributed by atoms with Gasteiger partial charge in [-0.15, -0.1) is 12.6 Å². The van der Waals surface area contributed by atoms with E-state index in [9.17, 15) is 9.18 Å². The van der Waals surface area contributed by atoms with E-state index in [1.165, 1.54) is 18.2 Å². The van der Waals surface area contributed by atoms with Crippen LogP contribution in [0.4, 0.5) is 4.39 Å². The standard InChI is InChI=1S/C13H18FNOS/c1-4-15(8-9(2)3)13(16)10-5-6-11(14)12(17)7-10/h5-7,9,17H,4,8H2,1-3H3. The second-order valence-electron chi connectivity index (χ2n) is 4.40. The number of thiol groups is 1. The van der Waals surface area contributed by atoms with Gasteiger partial charge in [-0.1, -0.05) is 13.8 Å². The number of carbonyl (C=O) groups is 1. The third-order valence-corrected chi connectivity index (χ3v) is 2.79. The smallest absolute Gasteiger partial charge is 0.253 e. The van der Waals surface area contributed by atoms with Crippen molar-refractivity contribution in [2.45, 2.75) is 25.7 Å². The zero-order chi connectivity index (χ0) is 13.0. The zero-order valence-electron chi connectivity index (χ0n) is 10.4. The molecular weight excluding hydrogens is 237 g/mol. The summed E-state index contributed by atoms with van der Waals surface area (Å²) in [6.45, 7) is 7.41. The van der Waals surface area contributed by atoms with Gasteiger partial charge < -0.3 is 4.90 Å². The molecule has 0 N–H and O–H groups in total. The minimum absolute atomic E-state index is 0.0727. The maximum atomic E-state index is 13.1. The first-order chi connectivity index (χ1) is 7.95. The van der Waals surface area contributed by atoms with Crippen LogP contribution < -0.4 is 0 Å². The van der Waals surface area contributed by atoms with Crippen molar-refractivity contribution in [1.29, 1.82) is 0 Å². The van der Waals surface area contributed by atoms with Crippen molar-refractivity contribution in [2.24, 2.45) is 5.92 Å². The summed E-state index contributed by atoms with van der Waals surface area (Å²) >= 11 is 3.98. The molecule has 0 atom stereocenters. The summed E-state index contributed by atoms with van der Waals surface area (Å²) in [7, 11) is 0. The highest BCUT2D eigenvalue weighted by Gasteiger charge is 2.16. The zero-order valence-corrected chi connectivity index (χ0v) is 11.3. The third-order valence-electron chi connectivity index (χ3n) is 2.45. The topological polar surface area (TPSA) is 20.3 Å². The van der Waals surface area contributed by atoms with Crippen molar-refractivity contribution >= 4 is 18.5 Å². The Balaban J connectivity index is 2.90. The number of hydrogen-bond donors (Lipinski definition) is 1. The van der Waals surface area contributed by atoms with Gasteiger partial charge in [0.1, 0.15) is 5.82 Å². The monoisotopic (exact) mass is 255 g/mol. The molecule has 2 nitrogen and oxygen atoms in total. The normalized spacial score (nSPS) is 10.7. The van der Waals surface area contributed by atoms with Crippen LogP contribution in [0.5, 0.6) is 0 Å². The molecule has 0 heterocycles. The van der Waals surface area contributed by atoms with E-state index in [-0.39, 0.29) is 10.8 Å². The first-order valence-corrected chi connectivity index (χ1v) is 6.18. The predicted octanol–water partition coefficient (Wildman–Crippen LogP) is 3.23. The molecule has 1 rings (SSSR count). The van der Waals surface area contributed by atoms with Crippen molar-refractivity contribution < 1.29 is 9.18 Å². The van der Waals surface area contributed by atoms with E-state index in [1.54, 1.807) is 4.90 Å². The van der Waals surface area contributed by atoms with E-state index in [1.807, 2.05) is 6.92 Å². The molecular formula is C13H18FNOS. The molecule has 1 aromatic carbocycles. The Morgan fingerprint density at radius 3 is 2.59 bits per heavy atom. The Bertz CT molecular complexity index is 406. The van der Waals surface area contributed by atoms with Crippen LogP contribution in [0.25, 0.3) is 0 Å². The van der Waals surface area contributed by atoms with Crippen LogP contribution in [0.1, 0.15) is 31.1 Å². The Kier molecular flexibility index (Phi) is 5.00. The molecule has 0 bridgehead atoms. The molecule has 94 valence electrons. The lowest BCUT2D eigenvalue weighted by molar-refractivity contribution is 0.0745. The summed E-state index contributed by atoms with van der Waals surface area (Å²) < 4.78 is 13.1. The van der Waals surface area contributed by atoms with Gasteiger partial charge in [-0.05, 0) is 31.0 Å². The minimum Gasteiger partial charge on any atom is -0.339 e. The van der Waals surface area contributed by atoms with Crippen molar-refractivity contribution in [2.75, 3.05) is 13.1 Å². The second kappa shape index (κ2) is 6.05. The van der Waals surface area contributed by atoms with Gasteiger partial charge in [0.05, 0.1) is 0 Å². The lowest BCUT2D eigenvalue weighted by atomic mass is 10.1. The summed E-state index contributed by atoms with van der Waals surface area (Å²) in [6.07, 6.45) is 0. The van der Waals surface area contributed by atoms with Crippen LogP contribution in [-0.2, 0) is 0 Å². The molecule has 1 aromatic rings. The number of benzene rings is 1. The highest BCUT2D eigenvalue weighted by atomic mass is 32.1. The van der Waals surface area contributed by atoms with Crippen LogP contribution in [0.3, 0.4) is 0 Å². The van der Waals surface area contributed by atoms with E-state index >= 15 is 0 Å². The quantitative estimate of drug-likeness (QED) is 0.819. The van der Waals surface area contributed by atoms with Gasteiger partial charge >= 0.3 is 0 Å². The molecule has 0 saturated heterocycles. The first-order valence-electron chi connectivity index (χ1n) is 5.73. The summed E-state index contributed by atoms with van der Waals surface area (Å²) in [5.41, 5.74) is 0.485. The fourth-order valence-corrected chi connectivity index (χ4v) is 1.84. The molecule has 0 radical (unpaired) electrons. The van der Waals surface area contributed by atoms with Gasteiger partial charge in [0, 0.05) is 23.5 Å². The largest absolute Gasteiger partial charge is 0.339 e. The van der Waals surface area contributed by atoms with Gasteiger partial charge in [-0.3, -0.25) is 4.79 Å². The van der Waals surface area contributed by atoms with Crippen LogP contribution in [-0.4, -0.2) is 23.9 Å². The second-order valence-corrected chi connectivity index (χ2v) is 4.89. The number of amides is 1. The summed E-state index contributed by atoms with van der Waals surface area (Å²) in [6, 6.07) is 4.25. The predicted molar refractivity (Wildman–Crippen MR) is 70.1 cm³/mol. The lowest BCUT2D eigenvalue weighted by Crippen LogP contribution is -2.34. The highest BCUT2D eigenvalue weighted by Crippen LogP contribution is 2.16. The fourth-order valence-electron chi connectivity index (χ4n) is 1.62. The Morgan fingerprint density at radius 2 is 2.12 bits per heavy atom. The molecule has 0 spiro atoms. The number of rotatable bonds is 4. The Morgan fingerprint density at radius 1 is 1.47 bits per heavy atom. The molecule has 0 aliphatic heterocycles. The lowest BCUT2D eigenvalue weighted by Gasteiger charge is -2.23. The highest BCUT2D eigenvalue weighted by molar-refractivity contribution is 7.80. The number of hydrogen-bond acceptors (Lipinski definition) is 2. The number of halogens is 1. The van der Waals surface area contributed by atoms with Crippen molar-refractivity contribution in [3.63, 3.8) is 0 Å². The molecule has 0 aliphatic rings. The molecule has 0 aliphatic carbocycles. The maximum Gasteiger partial charge on any atom is 0.253 e. The van der Waals surface area contributed by atoms with E-state index in [4.69, 9.17) is 0 Å². The molecule has 0 saturated carbocycles. The molecule has 0 aromatic heterocycles. The number of nitrogens with zero attached hydrogens (tertiary/aromatic N) is 1. The van der Waals surface area contributed by atoms with Gasteiger partial charge in [0.25, 0.3) is 5.91 Å². The van der Waals surface area contributed by atoms with Crippen LogP contribution >= 0.6 is 12.6 Å². The van der Waals surface area contributed by atoms with Crippen LogP contribution in [0.15, 0.2) is 23.1 Å². The maximum absolute atomic E-state index is 13.1. The van der Waals surface area contributed by atoms with E-state index in [0.29, 0.717) is 24.6 Å². The van der Waals surface area contributed by atoms with Crippen LogP contribution in [0.2, 0.25) is 0 Å². The first kappa shape index (κ1) is 14.0. The fraction of sp³-hybridized carbons (Fsp3) is 0.462. The molecule has 1 amide bonds. The van der Waals surface area contributed by atoms with E-state index < -0.39 is 5.82 Å². The van der Waals surface area contributed by atoms with Gasteiger partial charge in [0.2, 0.25) is 0 Å². The van der Waals surface area contributed by atoms with Crippen molar-refractivity contribution in [1.82, 2.24) is 4.90 Å². The molecule has 0 fully saturated rings. The Labute approximate surface area is 107 Å². The van der Waals surface area contributed by atoms with Crippen molar-refractivity contribution in [3.05, 3.63) is 29.6 Å². The molecule has 4 heteroatoms.